The van der Waals surface area contributed by atoms with Crippen LogP contribution in [0.1, 0.15) is 38.8 Å². The molecule has 0 bridgehead atoms. The average Bonchev–Trinajstić information content (AvgIpc) is 3.01. The number of hydrogen-bond donors (Lipinski definition) is 2. The lowest BCUT2D eigenvalue weighted by atomic mass is 9.99. The molecule has 6 nitrogen and oxygen atoms in total. The first-order valence-corrected chi connectivity index (χ1v) is 13.5. The Morgan fingerprint density at radius 1 is 0.756 bits per heavy atom. The summed E-state index contributed by atoms with van der Waals surface area (Å²) in [5, 5.41) is 6.38. The van der Waals surface area contributed by atoms with E-state index in [4.69, 9.17) is 4.74 Å². The van der Waals surface area contributed by atoms with Gasteiger partial charge in [-0.15, -0.1) is 0 Å². The van der Waals surface area contributed by atoms with Crippen molar-refractivity contribution in [1.29, 1.82) is 0 Å². The maximum Gasteiger partial charge on any atom is 0.328 e. The highest BCUT2D eigenvalue weighted by molar-refractivity contribution is 6.04. The molecule has 2 N–H and O–H groups in total. The molecule has 0 spiro atoms. The summed E-state index contributed by atoms with van der Waals surface area (Å²) in [5.41, 5.74) is 6.01. The molecule has 0 fully saturated rings. The van der Waals surface area contributed by atoms with E-state index in [2.05, 4.69) is 16.7 Å². The number of ketones is 2. The summed E-state index contributed by atoms with van der Waals surface area (Å²) in [6.45, 7) is 2.61. The van der Waals surface area contributed by atoms with Crippen molar-refractivity contribution in [3.8, 4) is 11.1 Å². The van der Waals surface area contributed by atoms with Crippen molar-refractivity contribution in [2.24, 2.45) is 0 Å². The summed E-state index contributed by atoms with van der Waals surface area (Å²) < 4.78 is 5.01. The number of nitrogens with one attached hydrogen (secondary N) is 2. The van der Waals surface area contributed by atoms with Crippen LogP contribution in [0.4, 0.5) is 0 Å². The zero-order valence-electron chi connectivity index (χ0n) is 23.3. The Morgan fingerprint density at radius 2 is 1.41 bits per heavy atom. The number of esters is 1. The van der Waals surface area contributed by atoms with E-state index in [1.807, 2.05) is 91.0 Å². The maximum atomic E-state index is 12.5. The molecule has 208 valence electrons. The summed E-state index contributed by atoms with van der Waals surface area (Å²) >= 11 is 0. The molecular formula is C35H34N2O4. The second-order valence-electron chi connectivity index (χ2n) is 9.77. The van der Waals surface area contributed by atoms with Crippen LogP contribution in [0.2, 0.25) is 0 Å². The third-order valence-corrected chi connectivity index (χ3v) is 6.66. The number of rotatable bonds is 13. The Balaban J connectivity index is 1.37. The summed E-state index contributed by atoms with van der Waals surface area (Å²) in [5.74, 6) is -0.478. The highest BCUT2D eigenvalue weighted by Gasteiger charge is 2.20. The molecule has 0 radical (unpaired) electrons. The van der Waals surface area contributed by atoms with E-state index >= 15 is 0 Å². The second-order valence-corrected chi connectivity index (χ2v) is 9.77. The molecule has 0 aliphatic carbocycles. The van der Waals surface area contributed by atoms with Gasteiger partial charge in [0.25, 0.3) is 0 Å². The molecule has 0 heterocycles. The lowest BCUT2D eigenvalue weighted by Gasteiger charge is -2.18. The second kappa shape index (κ2) is 14.5. The molecule has 4 aromatic rings. The Morgan fingerprint density at radius 3 is 2.07 bits per heavy atom. The van der Waals surface area contributed by atoms with Gasteiger partial charge in [0.2, 0.25) is 0 Å². The molecule has 4 aromatic carbocycles. The third-order valence-electron chi connectivity index (χ3n) is 6.66. The maximum absolute atomic E-state index is 12.5. The van der Waals surface area contributed by atoms with Crippen LogP contribution in [-0.2, 0) is 22.5 Å². The number of allylic oxidation sites excluding steroid dienone is 2. The monoisotopic (exact) mass is 546 g/mol. The number of Topliss-reactive ketones (excluding diaryl/α,β-unsaturated/α-hetero) is 1. The van der Waals surface area contributed by atoms with E-state index in [-0.39, 0.29) is 18.1 Å². The van der Waals surface area contributed by atoms with Crippen LogP contribution in [0, 0.1) is 0 Å². The Bertz CT molecular complexity index is 1500. The Labute approximate surface area is 241 Å². The first kappa shape index (κ1) is 29.2. The number of benzene rings is 4. The van der Waals surface area contributed by atoms with Gasteiger partial charge in [0.15, 0.2) is 11.6 Å². The average molecular weight is 547 g/mol. The predicted molar refractivity (Wildman–Crippen MR) is 162 cm³/mol. The van der Waals surface area contributed by atoms with Gasteiger partial charge in [0.05, 0.1) is 13.7 Å². The van der Waals surface area contributed by atoms with E-state index in [0.717, 1.165) is 22.3 Å². The first-order valence-electron chi connectivity index (χ1n) is 13.5. The number of hydrogen-bond acceptors (Lipinski definition) is 6. The minimum atomic E-state index is -0.640. The SMILES string of the molecule is COC(=O)C(Cc1ccc(-c2cccc(CNCC(=O)c3ccccc3)c2)cc1)NC(C)=CC(=O)c1ccccc1. The highest BCUT2D eigenvalue weighted by atomic mass is 16.5. The molecular weight excluding hydrogens is 512 g/mol. The molecule has 0 amide bonds. The molecule has 4 rings (SSSR count). The molecule has 0 aromatic heterocycles. The van der Waals surface area contributed by atoms with Gasteiger partial charge >= 0.3 is 5.97 Å². The van der Waals surface area contributed by atoms with Crippen LogP contribution >= 0.6 is 0 Å². The quantitative estimate of drug-likeness (QED) is 0.126. The fraction of sp³-hybridized carbons (Fsp3) is 0.171. The van der Waals surface area contributed by atoms with E-state index in [1.165, 1.54) is 13.2 Å². The minimum Gasteiger partial charge on any atom is -0.467 e. The van der Waals surface area contributed by atoms with Crippen molar-refractivity contribution in [2.45, 2.75) is 25.9 Å². The largest absolute Gasteiger partial charge is 0.467 e. The van der Waals surface area contributed by atoms with Gasteiger partial charge in [-0.2, -0.15) is 0 Å². The fourth-order valence-corrected chi connectivity index (χ4v) is 4.51. The van der Waals surface area contributed by atoms with E-state index < -0.39 is 12.0 Å². The smallest absolute Gasteiger partial charge is 0.328 e. The van der Waals surface area contributed by atoms with Crippen LogP contribution < -0.4 is 10.6 Å². The summed E-state index contributed by atoms with van der Waals surface area (Å²) in [4.78, 5) is 37.4. The van der Waals surface area contributed by atoms with Crippen molar-refractivity contribution in [1.82, 2.24) is 10.6 Å². The normalized spacial score (nSPS) is 11.9. The van der Waals surface area contributed by atoms with E-state index in [1.54, 1.807) is 19.1 Å². The minimum absolute atomic E-state index is 0.0607. The first-order chi connectivity index (χ1) is 19.9. The molecule has 6 heteroatoms. The van der Waals surface area contributed by atoms with E-state index in [9.17, 15) is 14.4 Å². The van der Waals surface area contributed by atoms with Gasteiger partial charge < -0.3 is 15.4 Å². The third kappa shape index (κ3) is 8.59. The standard InChI is InChI=1S/C35H34N2O4/c1-25(20-33(38)29-11-5-3-6-12-29)37-32(35(40)41-2)22-26-16-18-28(19-17-26)31-15-9-10-27(21-31)23-36-24-34(39)30-13-7-4-8-14-30/h3-21,32,36-37H,22-24H2,1-2H3. The molecule has 1 unspecified atom stereocenters. The van der Waals surface area contributed by atoms with Gasteiger partial charge in [-0.3, -0.25) is 9.59 Å². The van der Waals surface area contributed by atoms with Gasteiger partial charge in [-0.1, -0.05) is 103 Å². The topological polar surface area (TPSA) is 84.5 Å². The van der Waals surface area contributed by atoms with Crippen molar-refractivity contribution in [3.63, 3.8) is 0 Å². The molecule has 0 saturated carbocycles. The summed E-state index contributed by atoms with van der Waals surface area (Å²) in [6, 6.07) is 33.8. The van der Waals surface area contributed by atoms with Crippen molar-refractivity contribution in [3.05, 3.63) is 143 Å². The lowest BCUT2D eigenvalue weighted by Crippen LogP contribution is -2.38. The van der Waals surface area contributed by atoms with Crippen molar-refractivity contribution < 1.29 is 19.1 Å². The molecule has 0 aliphatic heterocycles. The van der Waals surface area contributed by atoms with Gasteiger partial charge in [-0.25, -0.2) is 4.79 Å². The Hall–Kier alpha value is -4.81. The van der Waals surface area contributed by atoms with Gasteiger partial charge in [-0.05, 0) is 35.2 Å². The van der Waals surface area contributed by atoms with Gasteiger partial charge in [0, 0.05) is 35.9 Å². The lowest BCUT2D eigenvalue weighted by molar-refractivity contribution is -0.142. The predicted octanol–water partition coefficient (Wildman–Crippen LogP) is 5.79. The molecule has 1 atom stereocenters. The number of carbonyl (C=O) groups is 3. The fourth-order valence-electron chi connectivity index (χ4n) is 4.51. The van der Waals surface area contributed by atoms with Crippen molar-refractivity contribution >= 4 is 17.5 Å². The van der Waals surface area contributed by atoms with Gasteiger partial charge in [0.1, 0.15) is 6.04 Å². The number of methoxy groups -OCH3 is 1. The van der Waals surface area contributed by atoms with Crippen LogP contribution in [0.25, 0.3) is 11.1 Å². The van der Waals surface area contributed by atoms with Crippen molar-refractivity contribution in [2.75, 3.05) is 13.7 Å². The summed E-state index contributed by atoms with van der Waals surface area (Å²) in [7, 11) is 1.35. The molecule has 41 heavy (non-hydrogen) atoms. The molecule has 0 saturated heterocycles. The zero-order valence-corrected chi connectivity index (χ0v) is 23.3. The number of carbonyl (C=O) groups excluding carboxylic acids is 3. The Kier molecular flexibility index (Phi) is 10.3. The highest BCUT2D eigenvalue weighted by Crippen LogP contribution is 2.22. The van der Waals surface area contributed by atoms with Crippen LogP contribution in [0.5, 0.6) is 0 Å². The molecule has 0 aliphatic rings. The van der Waals surface area contributed by atoms with Crippen LogP contribution in [-0.4, -0.2) is 37.2 Å². The van der Waals surface area contributed by atoms with E-state index in [0.29, 0.717) is 29.8 Å². The summed E-state index contributed by atoms with van der Waals surface area (Å²) in [6.07, 6.45) is 1.89. The number of ether oxygens (including phenoxy) is 1. The zero-order chi connectivity index (χ0) is 29.0. The van der Waals surface area contributed by atoms with Crippen LogP contribution in [0.3, 0.4) is 0 Å². The van der Waals surface area contributed by atoms with Crippen LogP contribution in [0.15, 0.2) is 121 Å².